The van der Waals surface area contributed by atoms with Gasteiger partial charge in [-0.3, -0.25) is 14.5 Å². The molecule has 4 rings (SSSR count). The van der Waals surface area contributed by atoms with Crippen molar-refractivity contribution in [3.05, 3.63) is 47.1 Å². The number of nitrogen functional groups attached to an aromatic ring is 1. The Kier molecular flexibility index (Phi) is 6.70. The molecule has 2 unspecified atom stereocenters. The number of ether oxygens (including phenoxy) is 1. The quantitative estimate of drug-likeness (QED) is 0.144. The van der Waals surface area contributed by atoms with Gasteiger partial charge in [-0.15, -0.1) is 23.1 Å². The Morgan fingerprint density at radius 1 is 1.47 bits per heavy atom. The molecule has 2 aromatic rings. The minimum absolute atomic E-state index is 0.0352. The number of thioether (sulfide) groups is 1. The number of pyridine rings is 1. The molecular weight excluding hydrogens is 484 g/mol. The Hall–Kier alpha value is -3.65. The largest absolute Gasteiger partial charge is 0.492 e. The van der Waals surface area contributed by atoms with Crippen LogP contribution >= 0.6 is 23.1 Å². The van der Waals surface area contributed by atoms with Crippen LogP contribution in [0.5, 0.6) is 0 Å². The van der Waals surface area contributed by atoms with Crippen molar-refractivity contribution in [2.45, 2.75) is 17.0 Å². The third-order valence-corrected chi connectivity index (χ3v) is 6.81. The maximum Gasteiger partial charge on any atom is 0.356 e. The molecule has 178 valence electrons. The van der Waals surface area contributed by atoms with Gasteiger partial charge in [0.1, 0.15) is 44.3 Å². The van der Waals surface area contributed by atoms with E-state index in [4.69, 9.17) is 15.3 Å². The lowest BCUT2D eigenvalue weighted by atomic mass is 9.92. The lowest BCUT2D eigenvalue weighted by Crippen LogP contribution is -2.73. The Bertz CT molecular complexity index is 1190. The van der Waals surface area contributed by atoms with Gasteiger partial charge in [0.25, 0.3) is 11.8 Å². The second kappa shape index (κ2) is 9.69. The summed E-state index contributed by atoms with van der Waals surface area (Å²) in [5.74, 6) is -2.11. The van der Waals surface area contributed by atoms with Gasteiger partial charge in [0.05, 0.1) is 5.75 Å². The number of β-lactam (4-membered cyclic amide) rings is 1. The highest BCUT2D eigenvalue weighted by Crippen LogP contribution is 2.35. The first kappa shape index (κ1) is 23.5. The second-order valence-electron chi connectivity index (χ2n) is 7.30. The summed E-state index contributed by atoms with van der Waals surface area (Å²) in [7, 11) is 3.16. The summed E-state index contributed by atoms with van der Waals surface area (Å²) >= 11 is 2.51. The monoisotopic (exact) mass is 505 g/mol. The summed E-state index contributed by atoms with van der Waals surface area (Å²) in [5, 5.41) is 17.8. The number of oxime groups is 1. The van der Waals surface area contributed by atoms with Crippen LogP contribution < -0.4 is 15.6 Å². The van der Waals surface area contributed by atoms with Gasteiger partial charge in [-0.05, 0) is 0 Å². The Morgan fingerprint density at radius 2 is 2.21 bits per heavy atom. The number of amides is 2. The van der Waals surface area contributed by atoms with E-state index in [-0.39, 0.29) is 40.4 Å². The normalized spacial score (nSPS) is 19.8. The van der Waals surface area contributed by atoms with Crippen LogP contribution in [0.15, 0.2) is 51.4 Å². The molecule has 2 amide bonds. The number of aryl methyl sites for hydroxylation is 1. The minimum Gasteiger partial charge on any atom is -0.492 e. The molecule has 1 saturated heterocycles. The van der Waals surface area contributed by atoms with Crippen molar-refractivity contribution >= 4 is 51.7 Å². The number of hydrogen-bond acceptors (Lipinski definition) is 10. The zero-order valence-corrected chi connectivity index (χ0v) is 19.8. The zero-order chi connectivity index (χ0) is 24.4. The molecule has 2 aliphatic heterocycles. The topological polar surface area (TPSA) is 160 Å². The summed E-state index contributed by atoms with van der Waals surface area (Å²) in [5.41, 5.74) is 5.45. The van der Waals surface area contributed by atoms with E-state index in [2.05, 4.69) is 15.5 Å². The van der Waals surface area contributed by atoms with Gasteiger partial charge in [-0.2, -0.15) is 0 Å². The number of carboxylic acid groups (broad SMARTS) is 1. The number of rotatable bonds is 8. The Morgan fingerprint density at radius 3 is 2.82 bits per heavy atom. The van der Waals surface area contributed by atoms with E-state index in [0.717, 1.165) is 21.1 Å². The van der Waals surface area contributed by atoms with Crippen molar-refractivity contribution in [3.8, 4) is 0 Å². The van der Waals surface area contributed by atoms with Crippen LogP contribution in [-0.4, -0.2) is 70.0 Å². The predicted molar refractivity (Wildman–Crippen MR) is 122 cm³/mol. The van der Waals surface area contributed by atoms with Gasteiger partial charge in [0.2, 0.25) is 0 Å². The number of carboxylic acids is 1. The van der Waals surface area contributed by atoms with Crippen molar-refractivity contribution < 1.29 is 33.6 Å². The van der Waals surface area contributed by atoms with Crippen LogP contribution in [-0.2, 0) is 31.0 Å². The van der Waals surface area contributed by atoms with Crippen LogP contribution in [0.3, 0.4) is 0 Å². The van der Waals surface area contributed by atoms with E-state index in [1.807, 2.05) is 36.1 Å². The third-order valence-electron chi connectivity index (χ3n) is 5.12. The van der Waals surface area contributed by atoms with Crippen LogP contribution in [0.25, 0.3) is 0 Å². The van der Waals surface area contributed by atoms with Crippen molar-refractivity contribution in [1.82, 2.24) is 15.2 Å². The smallest absolute Gasteiger partial charge is 0.356 e. The molecule has 0 spiro atoms. The molecule has 0 bridgehead atoms. The third kappa shape index (κ3) is 4.54. The molecule has 34 heavy (non-hydrogen) atoms. The van der Waals surface area contributed by atoms with E-state index in [1.165, 1.54) is 24.3 Å². The highest BCUT2D eigenvalue weighted by molar-refractivity contribution is 7.99. The van der Waals surface area contributed by atoms with Gasteiger partial charge in [-0.25, -0.2) is 14.3 Å². The molecular formula is C20H21N6O6S2+. The number of aliphatic carboxylic acids is 1. The van der Waals surface area contributed by atoms with Gasteiger partial charge in [-0.1, -0.05) is 5.16 Å². The average Bonchev–Trinajstić information content (AvgIpc) is 3.25. The van der Waals surface area contributed by atoms with Crippen molar-refractivity contribution in [3.63, 3.8) is 0 Å². The molecule has 14 heteroatoms. The van der Waals surface area contributed by atoms with Gasteiger partial charge in [0, 0.05) is 22.4 Å². The van der Waals surface area contributed by atoms with Crippen molar-refractivity contribution in [2.24, 2.45) is 12.2 Å². The summed E-state index contributed by atoms with van der Waals surface area (Å²) in [6, 6.07) is 2.14. The number of nitrogens with zero attached hydrogens (tertiary/aromatic N) is 4. The number of anilines is 1. The maximum absolute atomic E-state index is 12.9. The fourth-order valence-electron chi connectivity index (χ4n) is 3.50. The molecule has 2 aromatic heterocycles. The molecule has 0 aromatic carbocycles. The van der Waals surface area contributed by atoms with Gasteiger partial charge >= 0.3 is 5.97 Å². The molecule has 1 fully saturated rings. The number of fused-ring (bicyclic) bond motifs is 1. The highest BCUT2D eigenvalue weighted by Gasteiger charge is 2.55. The first-order valence-corrected chi connectivity index (χ1v) is 11.8. The molecule has 12 nitrogen and oxygen atoms in total. The summed E-state index contributed by atoms with van der Waals surface area (Å²) in [6.07, 6.45) is 3.75. The first-order chi connectivity index (χ1) is 16.3. The molecule has 4 heterocycles. The summed E-state index contributed by atoms with van der Waals surface area (Å²) in [6.45, 7) is 0.0352. The zero-order valence-electron chi connectivity index (χ0n) is 18.1. The van der Waals surface area contributed by atoms with Crippen molar-refractivity contribution in [1.29, 1.82) is 0 Å². The predicted octanol–water partition coefficient (Wildman–Crippen LogP) is -0.285. The highest BCUT2D eigenvalue weighted by atomic mass is 32.2. The number of nitrogens with two attached hydrogens (primary N) is 1. The van der Waals surface area contributed by atoms with E-state index >= 15 is 0 Å². The number of nitrogens with one attached hydrogen (secondary N) is 1. The van der Waals surface area contributed by atoms with E-state index in [0.29, 0.717) is 0 Å². The maximum atomic E-state index is 12.9. The Labute approximate surface area is 202 Å². The molecule has 2 aliphatic rings. The van der Waals surface area contributed by atoms with Gasteiger partial charge in [0.15, 0.2) is 28.9 Å². The molecule has 2 atom stereocenters. The van der Waals surface area contributed by atoms with E-state index < -0.39 is 29.9 Å². The van der Waals surface area contributed by atoms with E-state index in [1.54, 1.807) is 0 Å². The van der Waals surface area contributed by atoms with Crippen molar-refractivity contribution in [2.75, 3.05) is 25.2 Å². The lowest BCUT2D eigenvalue weighted by Gasteiger charge is -2.49. The van der Waals surface area contributed by atoms with Gasteiger partial charge < -0.3 is 25.7 Å². The molecule has 0 saturated carbocycles. The summed E-state index contributed by atoms with van der Waals surface area (Å²) in [4.78, 5) is 48.5. The SMILES string of the molecule is CO/N=C(\C(=O)NC1C(=O)N2C(C(=O)O)=C(CSc3cc[n+](C)cc3)OCC12)c1csc(N)n1. The number of carbonyl (C=O) groups is 3. The van der Waals surface area contributed by atoms with Crippen LogP contribution in [0.2, 0.25) is 0 Å². The average molecular weight is 506 g/mol. The fraction of sp³-hybridized carbons (Fsp3) is 0.300. The standard InChI is InChI=1S/C20H20N6O6S2/c1-25-5-3-10(4-6-25)33-9-13-16(19(29)30)26-12(7-32-13)15(18(26)28)23-17(27)14(24-31-2)11-8-34-20(21)22-11/h3-6,8,12,15H,7,9H2,1-2H3,(H3-,21,22,23,27,29,30)/p+1/b24-14-. The first-order valence-electron chi connectivity index (χ1n) is 9.94. The second-order valence-corrected chi connectivity index (χ2v) is 9.23. The van der Waals surface area contributed by atoms with E-state index in [9.17, 15) is 19.5 Å². The van der Waals surface area contributed by atoms with Crippen LogP contribution in [0, 0.1) is 0 Å². The minimum atomic E-state index is -1.28. The molecule has 0 aliphatic carbocycles. The number of thiazole rings is 1. The number of carbonyl (C=O) groups excluding carboxylic acids is 2. The van der Waals surface area contributed by atoms with Crippen LogP contribution in [0.1, 0.15) is 5.69 Å². The molecule has 0 radical (unpaired) electrons. The number of aromatic nitrogens is 2. The fourth-order valence-corrected chi connectivity index (χ4v) is 4.88. The Balaban J connectivity index is 1.48. The lowest BCUT2D eigenvalue weighted by molar-refractivity contribution is -0.671. The number of hydrogen-bond donors (Lipinski definition) is 3. The van der Waals surface area contributed by atoms with Crippen LogP contribution in [0.4, 0.5) is 5.13 Å². The molecule has 4 N–H and O–H groups in total. The summed E-state index contributed by atoms with van der Waals surface area (Å²) < 4.78 is 7.61.